The molecule has 1 atom stereocenters. The van der Waals surface area contributed by atoms with Crippen molar-refractivity contribution in [1.29, 1.82) is 0 Å². The SMILES string of the molecule is Cc1ccccc1C(C)c1cccnc1CO. The molecule has 1 aromatic heterocycles. The van der Waals surface area contributed by atoms with Crippen LogP contribution in [0.25, 0.3) is 0 Å². The van der Waals surface area contributed by atoms with E-state index in [9.17, 15) is 5.11 Å². The Bertz CT molecular complexity index is 508. The van der Waals surface area contributed by atoms with E-state index in [1.165, 1.54) is 11.1 Å². The first-order valence-electron chi connectivity index (χ1n) is 5.84. The van der Waals surface area contributed by atoms with Gasteiger partial charge in [-0.05, 0) is 29.7 Å². The summed E-state index contributed by atoms with van der Waals surface area (Å²) in [4.78, 5) is 4.22. The number of hydrogen-bond acceptors (Lipinski definition) is 2. The first-order chi connectivity index (χ1) is 8.24. The fourth-order valence-electron chi connectivity index (χ4n) is 2.22. The highest BCUT2D eigenvalue weighted by atomic mass is 16.3. The lowest BCUT2D eigenvalue weighted by Gasteiger charge is -2.17. The first kappa shape index (κ1) is 11.8. The largest absolute Gasteiger partial charge is 0.390 e. The van der Waals surface area contributed by atoms with Crippen molar-refractivity contribution in [2.75, 3.05) is 0 Å². The third kappa shape index (κ3) is 2.37. The van der Waals surface area contributed by atoms with Crippen LogP contribution in [0.4, 0.5) is 0 Å². The highest BCUT2D eigenvalue weighted by Gasteiger charge is 2.14. The lowest BCUT2D eigenvalue weighted by molar-refractivity contribution is 0.275. The Morgan fingerprint density at radius 2 is 1.82 bits per heavy atom. The van der Waals surface area contributed by atoms with Gasteiger partial charge in [0.1, 0.15) is 0 Å². The minimum Gasteiger partial charge on any atom is -0.390 e. The molecule has 17 heavy (non-hydrogen) atoms. The Balaban J connectivity index is 2.44. The second-order valence-electron chi connectivity index (χ2n) is 4.28. The minimum absolute atomic E-state index is 0.00755. The van der Waals surface area contributed by atoms with E-state index in [-0.39, 0.29) is 12.5 Å². The Hall–Kier alpha value is -1.67. The predicted molar refractivity (Wildman–Crippen MR) is 68.9 cm³/mol. The second-order valence-corrected chi connectivity index (χ2v) is 4.28. The van der Waals surface area contributed by atoms with Gasteiger partial charge in [0, 0.05) is 12.1 Å². The molecule has 0 saturated heterocycles. The van der Waals surface area contributed by atoms with E-state index in [0.717, 1.165) is 11.3 Å². The van der Waals surface area contributed by atoms with E-state index in [0.29, 0.717) is 0 Å². The maximum Gasteiger partial charge on any atom is 0.0856 e. The summed E-state index contributed by atoms with van der Waals surface area (Å²) in [5.74, 6) is 0.257. The van der Waals surface area contributed by atoms with Gasteiger partial charge in [0.25, 0.3) is 0 Å². The number of rotatable bonds is 3. The molecule has 0 aliphatic carbocycles. The Labute approximate surface area is 102 Å². The predicted octanol–water partition coefficient (Wildman–Crippen LogP) is 3.03. The fourth-order valence-corrected chi connectivity index (χ4v) is 2.22. The third-order valence-electron chi connectivity index (χ3n) is 3.20. The van der Waals surface area contributed by atoms with Crippen LogP contribution in [0.3, 0.4) is 0 Å². The number of aliphatic hydroxyl groups excluding tert-OH is 1. The van der Waals surface area contributed by atoms with Crippen LogP contribution < -0.4 is 0 Å². The topological polar surface area (TPSA) is 33.1 Å². The zero-order chi connectivity index (χ0) is 12.3. The van der Waals surface area contributed by atoms with Crippen LogP contribution in [0.15, 0.2) is 42.6 Å². The van der Waals surface area contributed by atoms with Crippen LogP contribution in [-0.4, -0.2) is 10.1 Å². The Kier molecular flexibility index (Phi) is 3.55. The molecule has 0 aliphatic heterocycles. The molecule has 0 radical (unpaired) electrons. The summed E-state index contributed by atoms with van der Waals surface area (Å²) in [5, 5.41) is 9.32. The van der Waals surface area contributed by atoms with Crippen molar-refractivity contribution in [3.8, 4) is 0 Å². The van der Waals surface area contributed by atoms with E-state index in [1.54, 1.807) is 6.20 Å². The summed E-state index contributed by atoms with van der Waals surface area (Å²) in [7, 11) is 0. The molecule has 1 N–H and O–H groups in total. The molecule has 0 amide bonds. The fraction of sp³-hybridized carbons (Fsp3) is 0.267. The molecule has 2 aromatic rings. The van der Waals surface area contributed by atoms with Crippen LogP contribution in [0, 0.1) is 6.92 Å². The van der Waals surface area contributed by atoms with Gasteiger partial charge in [-0.2, -0.15) is 0 Å². The number of pyridine rings is 1. The standard InChI is InChI=1S/C15H17NO/c1-11-6-3-4-7-13(11)12(2)14-8-5-9-16-15(14)10-17/h3-9,12,17H,10H2,1-2H3. The molecule has 1 heterocycles. The summed E-state index contributed by atoms with van der Waals surface area (Å²) in [6.07, 6.45) is 1.72. The summed E-state index contributed by atoms with van der Waals surface area (Å²) in [5.41, 5.74) is 4.43. The Morgan fingerprint density at radius 1 is 1.12 bits per heavy atom. The summed E-state index contributed by atoms with van der Waals surface area (Å²) >= 11 is 0. The number of benzene rings is 1. The molecular formula is C15H17NO. The lowest BCUT2D eigenvalue weighted by atomic mass is 9.89. The highest BCUT2D eigenvalue weighted by molar-refractivity contribution is 5.38. The van der Waals surface area contributed by atoms with Gasteiger partial charge < -0.3 is 5.11 Å². The quantitative estimate of drug-likeness (QED) is 0.874. The molecule has 0 spiro atoms. The van der Waals surface area contributed by atoms with Crippen molar-refractivity contribution in [3.05, 3.63) is 65.0 Å². The molecule has 1 aromatic carbocycles. The normalized spacial score (nSPS) is 12.4. The first-order valence-corrected chi connectivity index (χ1v) is 5.84. The molecule has 0 aliphatic rings. The van der Waals surface area contributed by atoms with Crippen LogP contribution in [0.5, 0.6) is 0 Å². The van der Waals surface area contributed by atoms with Crippen molar-refractivity contribution in [2.45, 2.75) is 26.4 Å². The van der Waals surface area contributed by atoms with Gasteiger partial charge in [0.05, 0.1) is 12.3 Å². The van der Waals surface area contributed by atoms with Crippen LogP contribution in [-0.2, 0) is 6.61 Å². The van der Waals surface area contributed by atoms with Crippen molar-refractivity contribution < 1.29 is 5.11 Å². The number of aryl methyl sites for hydroxylation is 1. The maximum absolute atomic E-state index is 9.32. The molecule has 0 bridgehead atoms. The van der Waals surface area contributed by atoms with Gasteiger partial charge in [-0.1, -0.05) is 37.3 Å². The summed E-state index contributed by atoms with van der Waals surface area (Å²) in [6.45, 7) is 4.26. The average Bonchev–Trinajstić information content (AvgIpc) is 2.38. The van der Waals surface area contributed by atoms with Gasteiger partial charge in [0.15, 0.2) is 0 Å². The van der Waals surface area contributed by atoms with Crippen molar-refractivity contribution in [3.63, 3.8) is 0 Å². The van der Waals surface area contributed by atoms with Gasteiger partial charge in [-0.3, -0.25) is 4.98 Å². The highest BCUT2D eigenvalue weighted by Crippen LogP contribution is 2.28. The van der Waals surface area contributed by atoms with Crippen LogP contribution >= 0.6 is 0 Å². The number of aliphatic hydroxyl groups is 1. The van der Waals surface area contributed by atoms with Crippen LogP contribution in [0.1, 0.15) is 35.2 Å². The maximum atomic E-state index is 9.32. The van der Waals surface area contributed by atoms with Gasteiger partial charge >= 0.3 is 0 Å². The molecule has 2 heteroatoms. The van der Waals surface area contributed by atoms with E-state index in [2.05, 4.69) is 31.0 Å². The minimum atomic E-state index is -0.00755. The smallest absolute Gasteiger partial charge is 0.0856 e. The molecule has 2 rings (SSSR count). The van der Waals surface area contributed by atoms with Gasteiger partial charge in [-0.15, -0.1) is 0 Å². The number of hydrogen-bond donors (Lipinski definition) is 1. The van der Waals surface area contributed by atoms with E-state index < -0.39 is 0 Å². The molecule has 2 nitrogen and oxygen atoms in total. The average molecular weight is 227 g/mol. The molecule has 0 fully saturated rings. The van der Waals surface area contributed by atoms with Gasteiger partial charge in [0.2, 0.25) is 0 Å². The molecule has 1 unspecified atom stereocenters. The number of aromatic nitrogens is 1. The summed E-state index contributed by atoms with van der Waals surface area (Å²) in [6, 6.07) is 12.3. The second kappa shape index (κ2) is 5.11. The van der Waals surface area contributed by atoms with E-state index in [1.807, 2.05) is 24.3 Å². The van der Waals surface area contributed by atoms with E-state index in [4.69, 9.17) is 0 Å². The number of nitrogens with zero attached hydrogens (tertiary/aromatic N) is 1. The lowest BCUT2D eigenvalue weighted by Crippen LogP contribution is -2.04. The third-order valence-corrected chi connectivity index (χ3v) is 3.20. The zero-order valence-electron chi connectivity index (χ0n) is 10.2. The van der Waals surface area contributed by atoms with Crippen molar-refractivity contribution in [2.24, 2.45) is 0 Å². The van der Waals surface area contributed by atoms with Gasteiger partial charge in [-0.25, -0.2) is 0 Å². The summed E-state index contributed by atoms with van der Waals surface area (Å²) < 4.78 is 0. The molecular weight excluding hydrogens is 210 g/mol. The Morgan fingerprint density at radius 3 is 2.53 bits per heavy atom. The van der Waals surface area contributed by atoms with E-state index >= 15 is 0 Å². The zero-order valence-corrected chi connectivity index (χ0v) is 10.2. The molecule has 0 saturated carbocycles. The molecule has 88 valence electrons. The monoisotopic (exact) mass is 227 g/mol. The van der Waals surface area contributed by atoms with Crippen molar-refractivity contribution in [1.82, 2.24) is 4.98 Å². The van der Waals surface area contributed by atoms with Crippen LogP contribution in [0.2, 0.25) is 0 Å². The van der Waals surface area contributed by atoms with Crippen molar-refractivity contribution >= 4 is 0 Å².